The summed E-state index contributed by atoms with van der Waals surface area (Å²) in [5.74, 6) is 0. The first-order valence-corrected chi connectivity index (χ1v) is 10.7. The highest BCUT2D eigenvalue weighted by atomic mass is 32.2. The molecular weight excluding hydrogens is 342 g/mol. The zero-order valence-corrected chi connectivity index (χ0v) is 16.1. The smallest absolute Gasteiger partial charge is 0.229 e. The minimum absolute atomic E-state index is 0.245. The minimum Gasteiger partial charge on any atom is -0.383 e. The molecule has 25 heavy (non-hydrogen) atoms. The third-order valence-corrected chi connectivity index (χ3v) is 5.84. The maximum Gasteiger partial charge on any atom is 0.229 e. The van der Waals surface area contributed by atoms with Crippen LogP contribution >= 0.6 is 0 Å². The van der Waals surface area contributed by atoms with Crippen LogP contribution in [0.5, 0.6) is 0 Å². The second-order valence-electron chi connectivity index (χ2n) is 7.31. The van der Waals surface area contributed by atoms with Gasteiger partial charge in [-0.25, -0.2) is 8.42 Å². The van der Waals surface area contributed by atoms with E-state index in [4.69, 9.17) is 4.74 Å². The summed E-state index contributed by atoms with van der Waals surface area (Å²) >= 11 is 0. The van der Waals surface area contributed by atoms with Gasteiger partial charge in [-0.15, -0.1) is 0 Å². The summed E-state index contributed by atoms with van der Waals surface area (Å²) in [6.07, 6.45) is 7.85. The topological polar surface area (TPSA) is 79.7 Å². The zero-order chi connectivity index (χ0) is 18.0. The van der Waals surface area contributed by atoms with Crippen LogP contribution in [-0.2, 0) is 14.8 Å². The Bertz CT molecular complexity index is 669. The number of ether oxygens (including phenoxy) is 1. The summed E-state index contributed by atoms with van der Waals surface area (Å²) in [5.41, 5.74) is 0.517. The van der Waals surface area contributed by atoms with Crippen molar-refractivity contribution >= 4 is 15.7 Å². The molecule has 3 heterocycles. The van der Waals surface area contributed by atoms with Gasteiger partial charge in [-0.1, -0.05) is 0 Å². The highest BCUT2D eigenvalue weighted by Gasteiger charge is 2.38. The molecule has 2 aliphatic rings. The molecule has 142 valence electrons. The van der Waals surface area contributed by atoms with Gasteiger partial charge in [0.1, 0.15) is 0 Å². The summed E-state index contributed by atoms with van der Waals surface area (Å²) in [4.78, 5) is 4.96. The van der Waals surface area contributed by atoms with E-state index in [0.29, 0.717) is 17.8 Å². The normalized spacial score (nSPS) is 27.0. The average Bonchev–Trinajstić information content (AvgIpc) is 3.14. The van der Waals surface area contributed by atoms with Gasteiger partial charge in [-0.05, 0) is 39.4 Å². The van der Waals surface area contributed by atoms with Crippen LogP contribution in [0.3, 0.4) is 0 Å². The van der Waals surface area contributed by atoms with Gasteiger partial charge in [0.25, 0.3) is 0 Å². The maximum atomic E-state index is 11.4. The number of anilines is 1. The van der Waals surface area contributed by atoms with E-state index < -0.39 is 10.0 Å². The molecule has 0 saturated carbocycles. The van der Waals surface area contributed by atoms with E-state index in [9.17, 15) is 8.42 Å². The number of piperidine rings is 1. The third kappa shape index (κ3) is 4.72. The number of likely N-dealkylation sites (tertiary alicyclic amines) is 2. The zero-order valence-electron chi connectivity index (χ0n) is 15.3. The Morgan fingerprint density at radius 2 is 2.04 bits per heavy atom. The number of nitrogens with zero attached hydrogens (tertiary/aromatic N) is 4. The van der Waals surface area contributed by atoms with Gasteiger partial charge in [0, 0.05) is 31.9 Å². The van der Waals surface area contributed by atoms with Crippen LogP contribution in [0.25, 0.3) is 0 Å². The average molecular weight is 372 g/mol. The second kappa shape index (κ2) is 7.61. The van der Waals surface area contributed by atoms with Gasteiger partial charge in [0.15, 0.2) is 0 Å². The summed E-state index contributed by atoms with van der Waals surface area (Å²) < 4.78 is 32.6. The van der Waals surface area contributed by atoms with Gasteiger partial charge in [0.2, 0.25) is 10.0 Å². The molecule has 0 unspecified atom stereocenters. The number of sulfonamides is 1. The fraction of sp³-hybridized carbons (Fsp3) is 0.812. The predicted octanol–water partition coefficient (Wildman–Crippen LogP) is 0.611. The fourth-order valence-corrected chi connectivity index (χ4v) is 4.58. The highest BCUT2D eigenvalue weighted by Crippen LogP contribution is 2.32. The molecule has 1 N–H and O–H groups in total. The van der Waals surface area contributed by atoms with E-state index in [1.54, 1.807) is 19.5 Å². The number of aromatic nitrogens is 2. The largest absolute Gasteiger partial charge is 0.383 e. The summed E-state index contributed by atoms with van der Waals surface area (Å²) in [6.45, 7) is 3.92. The molecule has 0 aliphatic carbocycles. The van der Waals surface area contributed by atoms with E-state index in [0.717, 1.165) is 38.9 Å². The summed E-state index contributed by atoms with van der Waals surface area (Å²) in [5, 5.41) is 4.38. The summed E-state index contributed by atoms with van der Waals surface area (Å²) in [7, 11) is 0.650. The molecule has 2 fully saturated rings. The van der Waals surface area contributed by atoms with Crippen LogP contribution < -0.4 is 4.72 Å². The van der Waals surface area contributed by atoms with Crippen molar-refractivity contribution in [3.05, 3.63) is 12.4 Å². The molecule has 0 spiro atoms. The molecule has 2 aliphatic heterocycles. The molecule has 8 nitrogen and oxygen atoms in total. The van der Waals surface area contributed by atoms with Crippen molar-refractivity contribution in [2.45, 2.75) is 37.4 Å². The Morgan fingerprint density at radius 1 is 1.32 bits per heavy atom. The van der Waals surface area contributed by atoms with Crippen LogP contribution in [0.2, 0.25) is 0 Å². The molecular formula is C16H29N5O3S. The first-order valence-electron chi connectivity index (χ1n) is 8.81. The standard InChI is InChI=1S/C16H29N5O3S/c1-19-6-4-14(5-7-19)20-11-15(8-16(20)12-24-2)21-10-13(9-17-21)18-25(3,22)23/h9-10,14-16,18H,4-8,11-12H2,1-3H3/t15-,16-/m0/s1. The van der Waals surface area contributed by atoms with Crippen molar-refractivity contribution in [1.29, 1.82) is 0 Å². The predicted molar refractivity (Wildman–Crippen MR) is 97.2 cm³/mol. The maximum absolute atomic E-state index is 11.4. The molecule has 9 heteroatoms. The Hall–Kier alpha value is -1.16. The van der Waals surface area contributed by atoms with Crippen LogP contribution in [0.4, 0.5) is 5.69 Å². The van der Waals surface area contributed by atoms with E-state index in [2.05, 4.69) is 26.7 Å². The monoisotopic (exact) mass is 371 g/mol. The fourth-order valence-electron chi connectivity index (χ4n) is 4.04. The molecule has 2 saturated heterocycles. The van der Waals surface area contributed by atoms with Crippen molar-refractivity contribution in [3.63, 3.8) is 0 Å². The Balaban J connectivity index is 1.69. The first-order chi connectivity index (χ1) is 11.9. The Morgan fingerprint density at radius 3 is 2.68 bits per heavy atom. The van der Waals surface area contributed by atoms with Crippen LogP contribution in [0.15, 0.2) is 12.4 Å². The molecule has 1 aromatic rings. The number of rotatable bonds is 6. The Kier molecular flexibility index (Phi) is 5.67. The number of hydrogen-bond acceptors (Lipinski definition) is 6. The van der Waals surface area contributed by atoms with Crippen LogP contribution in [0, 0.1) is 0 Å². The van der Waals surface area contributed by atoms with Crippen LogP contribution in [0.1, 0.15) is 25.3 Å². The van der Waals surface area contributed by atoms with Crippen molar-refractivity contribution in [2.75, 3.05) is 51.4 Å². The number of hydrogen-bond donors (Lipinski definition) is 1. The van der Waals surface area contributed by atoms with Crippen molar-refractivity contribution in [2.24, 2.45) is 0 Å². The lowest BCUT2D eigenvalue weighted by Gasteiger charge is -2.38. The van der Waals surface area contributed by atoms with E-state index in [1.807, 2.05) is 4.68 Å². The highest BCUT2D eigenvalue weighted by molar-refractivity contribution is 7.92. The van der Waals surface area contributed by atoms with Crippen molar-refractivity contribution in [3.8, 4) is 0 Å². The van der Waals surface area contributed by atoms with Crippen LogP contribution in [-0.4, -0.2) is 86.7 Å². The molecule has 2 atom stereocenters. The van der Waals surface area contributed by atoms with Crippen molar-refractivity contribution < 1.29 is 13.2 Å². The molecule has 0 amide bonds. The Labute approximate surface area is 150 Å². The van der Waals surface area contributed by atoms with Gasteiger partial charge >= 0.3 is 0 Å². The quantitative estimate of drug-likeness (QED) is 0.789. The molecule has 1 aromatic heterocycles. The number of nitrogens with one attached hydrogen (secondary N) is 1. The lowest BCUT2D eigenvalue weighted by molar-refractivity contribution is 0.0622. The van der Waals surface area contributed by atoms with Gasteiger partial charge in [0.05, 0.1) is 30.8 Å². The van der Waals surface area contributed by atoms with E-state index in [-0.39, 0.29) is 6.04 Å². The minimum atomic E-state index is -3.28. The molecule has 0 radical (unpaired) electrons. The van der Waals surface area contributed by atoms with Crippen molar-refractivity contribution in [1.82, 2.24) is 19.6 Å². The molecule has 0 bridgehead atoms. The van der Waals surface area contributed by atoms with Gasteiger partial charge < -0.3 is 9.64 Å². The number of methoxy groups -OCH3 is 1. The first kappa shape index (κ1) is 18.6. The lowest BCUT2D eigenvalue weighted by atomic mass is 10.0. The van der Waals surface area contributed by atoms with Gasteiger partial charge in [-0.3, -0.25) is 14.3 Å². The third-order valence-electron chi connectivity index (χ3n) is 5.23. The summed E-state index contributed by atoms with van der Waals surface area (Å²) in [6, 6.07) is 1.22. The van der Waals surface area contributed by atoms with E-state index in [1.165, 1.54) is 12.8 Å². The molecule has 3 rings (SSSR count). The lowest BCUT2D eigenvalue weighted by Crippen LogP contribution is -2.47. The second-order valence-corrected chi connectivity index (χ2v) is 9.06. The molecule has 0 aromatic carbocycles. The van der Waals surface area contributed by atoms with Gasteiger partial charge in [-0.2, -0.15) is 5.10 Å². The van der Waals surface area contributed by atoms with E-state index >= 15 is 0 Å². The SMILES string of the molecule is COC[C@@H]1C[C@H](n2cc(NS(C)(=O)=O)cn2)CN1C1CCN(C)CC1.